The van der Waals surface area contributed by atoms with Crippen molar-refractivity contribution in [3.8, 4) is 11.8 Å². The van der Waals surface area contributed by atoms with E-state index in [1.807, 2.05) is 0 Å². The number of rotatable bonds is 5. The van der Waals surface area contributed by atoms with Crippen LogP contribution in [0.25, 0.3) is 0 Å². The van der Waals surface area contributed by atoms with Crippen molar-refractivity contribution in [1.82, 2.24) is 9.97 Å². The predicted octanol–water partition coefficient (Wildman–Crippen LogP) is 2.52. The summed E-state index contributed by atoms with van der Waals surface area (Å²) in [6, 6.07) is 1.31. The van der Waals surface area contributed by atoms with E-state index in [-0.39, 0.29) is 24.0 Å². The van der Waals surface area contributed by atoms with Crippen molar-refractivity contribution in [2.45, 2.75) is 6.54 Å². The highest BCUT2D eigenvalue weighted by Gasteiger charge is 2.15. The maximum atomic E-state index is 13.6. The van der Waals surface area contributed by atoms with Crippen LogP contribution in [0.2, 0.25) is 0 Å². The van der Waals surface area contributed by atoms with Crippen molar-refractivity contribution in [3.63, 3.8) is 0 Å². The Hall–Kier alpha value is -2.51. The van der Waals surface area contributed by atoms with Crippen LogP contribution in [-0.2, 0) is 6.54 Å². The highest BCUT2D eigenvalue weighted by atomic mass is 19.2. The van der Waals surface area contributed by atoms with Gasteiger partial charge < -0.3 is 14.8 Å². The van der Waals surface area contributed by atoms with Crippen molar-refractivity contribution in [3.05, 3.63) is 41.5 Å². The average molecular weight is 299 g/mol. The monoisotopic (exact) mass is 299 g/mol. The Morgan fingerprint density at radius 1 is 1.05 bits per heavy atom. The van der Waals surface area contributed by atoms with E-state index in [1.54, 1.807) is 0 Å². The molecule has 0 spiro atoms. The predicted molar refractivity (Wildman–Crippen MR) is 68.8 cm³/mol. The molecule has 0 atom stereocenters. The third-order valence-electron chi connectivity index (χ3n) is 2.70. The normalized spacial score (nSPS) is 10.3. The van der Waals surface area contributed by atoms with E-state index in [2.05, 4.69) is 15.3 Å². The Bertz CT molecular complexity index is 631. The van der Waals surface area contributed by atoms with Crippen LogP contribution in [0.15, 0.2) is 18.5 Å². The summed E-state index contributed by atoms with van der Waals surface area (Å²) in [6.07, 6.45) is 1.24. The molecule has 0 unspecified atom stereocenters. The van der Waals surface area contributed by atoms with Gasteiger partial charge >= 0.3 is 0 Å². The van der Waals surface area contributed by atoms with Crippen LogP contribution in [0.5, 0.6) is 11.8 Å². The van der Waals surface area contributed by atoms with Crippen LogP contribution in [0.3, 0.4) is 0 Å². The van der Waals surface area contributed by atoms with E-state index in [4.69, 9.17) is 9.47 Å². The average Bonchev–Trinajstić information content (AvgIpc) is 2.48. The fraction of sp³-hybridized carbons (Fsp3) is 0.231. The van der Waals surface area contributed by atoms with Gasteiger partial charge in [-0.05, 0) is 0 Å². The van der Waals surface area contributed by atoms with Gasteiger partial charge in [-0.2, -0.15) is 0 Å². The number of nitrogens with zero attached hydrogens (tertiary/aromatic N) is 2. The molecule has 1 heterocycles. The van der Waals surface area contributed by atoms with Crippen LogP contribution in [0.1, 0.15) is 5.56 Å². The first kappa shape index (κ1) is 14.9. The first-order valence-electron chi connectivity index (χ1n) is 5.87. The maximum Gasteiger partial charge on any atom is 0.225 e. The molecule has 0 radical (unpaired) electrons. The third-order valence-corrected chi connectivity index (χ3v) is 2.70. The molecule has 1 N–H and O–H groups in total. The van der Waals surface area contributed by atoms with Crippen molar-refractivity contribution in [1.29, 1.82) is 0 Å². The van der Waals surface area contributed by atoms with Gasteiger partial charge in [-0.3, -0.25) is 0 Å². The molecule has 0 saturated carbocycles. The fourth-order valence-electron chi connectivity index (χ4n) is 1.75. The molecule has 1 aromatic carbocycles. The van der Waals surface area contributed by atoms with Gasteiger partial charge in [0.25, 0.3) is 0 Å². The van der Waals surface area contributed by atoms with Gasteiger partial charge in [-0.25, -0.2) is 23.1 Å². The first-order chi connectivity index (χ1) is 10.1. The van der Waals surface area contributed by atoms with Crippen LogP contribution >= 0.6 is 0 Å². The summed E-state index contributed by atoms with van der Waals surface area (Å²) in [5.74, 6) is -2.91. The second kappa shape index (κ2) is 6.29. The van der Waals surface area contributed by atoms with E-state index >= 15 is 0 Å². The van der Waals surface area contributed by atoms with Crippen molar-refractivity contribution >= 4 is 5.69 Å². The minimum Gasteiger partial charge on any atom is -0.481 e. The highest BCUT2D eigenvalue weighted by Crippen LogP contribution is 2.26. The van der Waals surface area contributed by atoms with E-state index in [0.717, 1.165) is 6.07 Å². The Morgan fingerprint density at radius 2 is 1.67 bits per heavy atom. The lowest BCUT2D eigenvalue weighted by molar-refractivity contribution is 0.363. The standard InChI is InChI=1S/C13H12F3N3O2/c1-20-12-8(13(21-2)19-6-18-12)5-17-10-4-7(14)3-9(15)11(10)16/h3-4,6,17H,5H2,1-2H3. The second-order valence-corrected chi connectivity index (χ2v) is 3.97. The van der Waals surface area contributed by atoms with Crippen LogP contribution in [0, 0.1) is 17.5 Å². The molecule has 1 aromatic heterocycles. The molecular formula is C13H12F3N3O2. The number of hydrogen-bond donors (Lipinski definition) is 1. The van der Waals surface area contributed by atoms with Gasteiger partial charge in [-0.1, -0.05) is 0 Å². The van der Waals surface area contributed by atoms with Crippen LogP contribution < -0.4 is 14.8 Å². The van der Waals surface area contributed by atoms with E-state index in [9.17, 15) is 13.2 Å². The van der Waals surface area contributed by atoms with Crippen LogP contribution in [-0.4, -0.2) is 24.2 Å². The molecule has 0 saturated heterocycles. The number of nitrogens with one attached hydrogen (secondary N) is 1. The Labute approximate surface area is 118 Å². The van der Waals surface area contributed by atoms with E-state index < -0.39 is 17.5 Å². The minimum absolute atomic E-state index is 0.0347. The quantitative estimate of drug-likeness (QED) is 0.860. The lowest BCUT2D eigenvalue weighted by atomic mass is 10.2. The zero-order chi connectivity index (χ0) is 15.4. The molecule has 0 aliphatic heterocycles. The van der Waals surface area contributed by atoms with Gasteiger partial charge in [0.1, 0.15) is 12.1 Å². The van der Waals surface area contributed by atoms with Crippen molar-refractivity contribution in [2.24, 2.45) is 0 Å². The first-order valence-corrected chi connectivity index (χ1v) is 5.87. The van der Waals surface area contributed by atoms with Gasteiger partial charge in [0.05, 0.1) is 32.0 Å². The lowest BCUT2D eigenvalue weighted by Crippen LogP contribution is -2.08. The third kappa shape index (κ3) is 3.15. The van der Waals surface area contributed by atoms with Gasteiger partial charge in [0, 0.05) is 12.1 Å². The zero-order valence-electron chi connectivity index (χ0n) is 11.3. The SMILES string of the molecule is COc1ncnc(OC)c1CNc1cc(F)cc(F)c1F. The Balaban J connectivity index is 2.28. The molecule has 2 aromatic rings. The maximum absolute atomic E-state index is 13.6. The summed E-state index contributed by atoms with van der Waals surface area (Å²) in [5.41, 5.74) is 0.0760. The summed E-state index contributed by atoms with van der Waals surface area (Å²) < 4.78 is 49.9. The van der Waals surface area contributed by atoms with Gasteiger partial charge in [0.15, 0.2) is 11.6 Å². The second-order valence-electron chi connectivity index (χ2n) is 3.97. The summed E-state index contributed by atoms with van der Waals surface area (Å²) in [6.45, 7) is -0.0347. The Morgan fingerprint density at radius 3 is 2.24 bits per heavy atom. The molecule has 0 aliphatic carbocycles. The number of methoxy groups -OCH3 is 2. The van der Waals surface area contributed by atoms with Crippen molar-refractivity contribution in [2.75, 3.05) is 19.5 Å². The van der Waals surface area contributed by atoms with Crippen LogP contribution in [0.4, 0.5) is 18.9 Å². The van der Waals surface area contributed by atoms with E-state index in [1.165, 1.54) is 20.5 Å². The number of ether oxygens (including phenoxy) is 2. The largest absolute Gasteiger partial charge is 0.481 e. The Kier molecular flexibility index (Phi) is 4.46. The smallest absolute Gasteiger partial charge is 0.225 e. The number of anilines is 1. The van der Waals surface area contributed by atoms with Crippen molar-refractivity contribution < 1.29 is 22.6 Å². The topological polar surface area (TPSA) is 56.3 Å². The summed E-state index contributed by atoms with van der Waals surface area (Å²) in [4.78, 5) is 7.76. The summed E-state index contributed by atoms with van der Waals surface area (Å²) >= 11 is 0. The number of halogens is 3. The summed E-state index contributed by atoms with van der Waals surface area (Å²) in [5, 5.41) is 2.57. The molecule has 0 aliphatic rings. The summed E-state index contributed by atoms with van der Waals surface area (Å²) in [7, 11) is 2.79. The van der Waals surface area contributed by atoms with Gasteiger partial charge in [-0.15, -0.1) is 0 Å². The molecule has 8 heteroatoms. The fourth-order valence-corrected chi connectivity index (χ4v) is 1.75. The lowest BCUT2D eigenvalue weighted by Gasteiger charge is -2.13. The number of benzene rings is 1. The molecule has 2 rings (SSSR count). The number of hydrogen-bond acceptors (Lipinski definition) is 5. The number of aromatic nitrogens is 2. The molecular weight excluding hydrogens is 287 g/mol. The van der Waals surface area contributed by atoms with Gasteiger partial charge in [0.2, 0.25) is 11.8 Å². The minimum atomic E-state index is -1.28. The zero-order valence-corrected chi connectivity index (χ0v) is 11.3. The molecule has 0 amide bonds. The molecule has 112 valence electrons. The molecule has 21 heavy (non-hydrogen) atoms. The molecule has 0 bridgehead atoms. The van der Waals surface area contributed by atoms with E-state index in [0.29, 0.717) is 11.6 Å². The molecule has 0 fully saturated rings. The molecule has 5 nitrogen and oxygen atoms in total. The highest BCUT2D eigenvalue weighted by molar-refractivity contribution is 5.47.